The number of para-hydroxylation sites is 5. The van der Waals surface area contributed by atoms with E-state index in [1.54, 1.807) is 0 Å². The molecule has 30 aromatic rings. The molecule has 0 radical (unpaired) electrons. The number of hydrogen-bond acceptors (Lipinski definition) is 7. The van der Waals surface area contributed by atoms with Gasteiger partial charge in [-0.05, 0) is 162 Å². The van der Waals surface area contributed by atoms with Crippen LogP contribution >= 0.6 is 45.3 Å². The molecule has 0 unspecified atom stereocenters. The van der Waals surface area contributed by atoms with Crippen LogP contribution in [-0.4, -0.2) is 33.2 Å². The van der Waals surface area contributed by atoms with Crippen molar-refractivity contribution in [1.82, 2.24) is 33.2 Å². The van der Waals surface area contributed by atoms with Gasteiger partial charge in [0, 0.05) is 168 Å². The SMILES string of the molecule is CC1(C)c2ccccc2-c2ccc3c(c21)c1ccccc1n3-c1cc(-c2ccccc2)nc(-c2ccc3sc4ccccc4c3c2)c1.c1ccc(-c2cc(-n3c4ccccc4c4c3ccc3c5ccccc5n(-c5ccccc5)c34)cc(-c3cccc4sc5ccccc5c34)n2)cc1.c1ccc(-c2cc(-n3c4ccccc4c4c5sc6ccccc6c5ccc43)cc(-c3ccc4c(c3)sc3ccccc34)n2)cc1. The summed E-state index contributed by atoms with van der Waals surface area (Å²) in [7, 11) is 0. The van der Waals surface area contributed by atoms with Crippen molar-refractivity contribution in [2.75, 3.05) is 0 Å². The monoisotopic (exact) mass is 1890 g/mol. The van der Waals surface area contributed by atoms with Crippen LogP contribution in [0.15, 0.2) is 467 Å². The second kappa shape index (κ2) is 32.9. The van der Waals surface area contributed by atoms with Gasteiger partial charge in [0.05, 0.1) is 95.4 Å². The largest absolute Gasteiger partial charge is 0.309 e. The summed E-state index contributed by atoms with van der Waals surface area (Å²) in [6, 6.07) is 169. The predicted octanol–water partition coefficient (Wildman–Crippen LogP) is 37.4. The van der Waals surface area contributed by atoms with E-state index >= 15 is 0 Å². The highest BCUT2D eigenvalue weighted by atomic mass is 32.1. The molecule has 0 saturated heterocycles. The number of rotatable bonds is 10. The summed E-state index contributed by atoms with van der Waals surface area (Å²) in [6.45, 7) is 4.76. The van der Waals surface area contributed by atoms with E-state index in [0.29, 0.717) is 0 Å². The fourth-order valence-corrected chi connectivity index (χ4v) is 27.8. The highest BCUT2D eigenvalue weighted by Gasteiger charge is 2.39. The lowest BCUT2D eigenvalue weighted by Crippen LogP contribution is -2.15. The zero-order chi connectivity index (χ0) is 94.2. The number of pyridine rings is 3. The zero-order valence-electron chi connectivity index (χ0n) is 77.7. The molecule has 11 aromatic heterocycles. The van der Waals surface area contributed by atoms with Gasteiger partial charge in [0.2, 0.25) is 0 Å². The average Bonchev–Trinajstić information content (AvgIpc) is 1.54. The Hall–Kier alpha value is -17.3. The molecule has 11 heteroatoms. The van der Waals surface area contributed by atoms with Gasteiger partial charge >= 0.3 is 0 Å². The molecule has 31 rings (SSSR count). The Morgan fingerprint density at radius 2 is 0.559 bits per heavy atom. The highest BCUT2D eigenvalue weighted by molar-refractivity contribution is 7.27. The average molecular weight is 1900 g/mol. The predicted molar refractivity (Wildman–Crippen MR) is 612 cm³/mol. The van der Waals surface area contributed by atoms with Gasteiger partial charge in [-0.15, -0.1) is 45.3 Å². The molecule has 0 fully saturated rings. The smallest absolute Gasteiger partial charge is 0.0737 e. The molecule has 143 heavy (non-hydrogen) atoms. The minimum atomic E-state index is -0.113. The van der Waals surface area contributed by atoms with Crippen molar-refractivity contribution >= 4 is 213 Å². The third-order valence-corrected chi connectivity index (χ3v) is 34.1. The van der Waals surface area contributed by atoms with E-state index in [-0.39, 0.29) is 5.41 Å². The van der Waals surface area contributed by atoms with Crippen LogP contribution in [0.1, 0.15) is 25.0 Å². The lowest BCUT2D eigenvalue weighted by atomic mass is 9.80. The van der Waals surface area contributed by atoms with Crippen LogP contribution in [0.2, 0.25) is 0 Å². The Bertz CT molecular complexity index is 10500. The van der Waals surface area contributed by atoms with Crippen molar-refractivity contribution in [2.24, 2.45) is 0 Å². The summed E-state index contributed by atoms with van der Waals surface area (Å²) >= 11 is 7.43. The number of hydrogen-bond donors (Lipinski definition) is 0. The van der Waals surface area contributed by atoms with Crippen LogP contribution in [0.25, 0.3) is 269 Å². The Balaban J connectivity index is 0.000000102. The van der Waals surface area contributed by atoms with Crippen LogP contribution in [0, 0.1) is 0 Å². The van der Waals surface area contributed by atoms with Gasteiger partial charge in [0.1, 0.15) is 0 Å². The van der Waals surface area contributed by atoms with Gasteiger partial charge in [-0.1, -0.05) is 341 Å². The summed E-state index contributed by atoms with van der Waals surface area (Å²) < 4.78 is 20.2. The first-order chi connectivity index (χ1) is 70.7. The summed E-state index contributed by atoms with van der Waals surface area (Å²) in [4.78, 5) is 16.0. The molecule has 0 saturated carbocycles. The molecule has 0 aliphatic heterocycles. The van der Waals surface area contributed by atoms with Gasteiger partial charge in [-0.3, -0.25) is 0 Å². The Labute approximate surface area is 838 Å². The van der Waals surface area contributed by atoms with Gasteiger partial charge in [0.25, 0.3) is 0 Å². The van der Waals surface area contributed by atoms with E-state index in [4.69, 9.17) is 15.0 Å². The van der Waals surface area contributed by atoms with Crippen LogP contribution in [0.5, 0.6) is 0 Å². The van der Waals surface area contributed by atoms with Crippen LogP contribution in [0.3, 0.4) is 0 Å². The van der Waals surface area contributed by atoms with Gasteiger partial charge in [-0.2, -0.15) is 0 Å². The second-order valence-corrected chi connectivity index (χ2v) is 42.2. The van der Waals surface area contributed by atoms with E-state index in [9.17, 15) is 0 Å². The molecule has 670 valence electrons. The Morgan fingerprint density at radius 1 is 0.189 bits per heavy atom. The first-order valence-electron chi connectivity index (χ1n) is 48.7. The lowest BCUT2D eigenvalue weighted by molar-refractivity contribution is 0.666. The maximum Gasteiger partial charge on any atom is 0.0737 e. The number of benzene rings is 19. The van der Waals surface area contributed by atoms with Crippen molar-refractivity contribution < 1.29 is 0 Å². The first kappa shape index (κ1) is 82.8. The molecule has 0 N–H and O–H groups in total. The van der Waals surface area contributed by atoms with Crippen molar-refractivity contribution in [3.8, 4) is 101 Å². The molecule has 0 spiro atoms. The molecule has 0 amide bonds. The van der Waals surface area contributed by atoms with Crippen LogP contribution in [-0.2, 0) is 5.41 Å². The summed E-state index contributed by atoms with van der Waals surface area (Å²) in [5.74, 6) is 0. The maximum absolute atomic E-state index is 5.40. The quantitative estimate of drug-likeness (QED) is 0.137. The second-order valence-electron chi connectivity index (χ2n) is 37.9. The van der Waals surface area contributed by atoms with E-state index in [0.717, 1.165) is 90.3 Å². The molecule has 11 heterocycles. The minimum Gasteiger partial charge on any atom is -0.309 e. The lowest BCUT2D eigenvalue weighted by Gasteiger charge is -2.22. The van der Waals surface area contributed by atoms with Crippen LogP contribution in [0.4, 0.5) is 0 Å². The standard InChI is InChI=1S/C47H29N3S.C44H30N2S.C41H24N2S2/c1-3-14-30(15-4-1)38-28-32(29-39(48-38)35-21-13-25-44-45(35)37-20-9-12-24-43(37)51-44)49-41-23-11-8-19-36(41)46-42(49)27-26-34-33-18-7-10-22-40(33)50(47(34)46)31-16-5-2-6-17-31;1-44(2)35-17-9-6-14-30(35)32-21-22-39-42(43(32)44)33-16-7-10-18-38(33)46(39)29-25-36(27-12-4-3-5-13-27)45-37(26-29)28-20-23-41-34(24-28)31-15-8-11-19-40(31)47-41;1-2-10-25(11-3-1)33-23-27(24-34(42-33)26-18-19-30-28-12-5-8-16-37(28)44-39(30)22-26)43-35-15-7-4-14-32(35)40-36(43)21-20-31-29-13-6-9-17-38(29)45-41(31)40/h1-29H;3-26H,1-2H3;1-24H. The van der Waals surface area contributed by atoms with Gasteiger partial charge in [0.15, 0.2) is 0 Å². The molecule has 0 atom stereocenters. The summed E-state index contributed by atoms with van der Waals surface area (Å²) in [6.07, 6.45) is 0. The Kier molecular flexibility index (Phi) is 19.1. The number of nitrogens with zero attached hydrogens (tertiary/aromatic N) is 7. The summed E-state index contributed by atoms with van der Waals surface area (Å²) in [5, 5.41) is 20.6. The normalized spacial score (nSPS) is 12.5. The fraction of sp³-hybridized carbons (Fsp3) is 0.0227. The number of thiophene rings is 4. The number of aromatic nitrogens is 7. The molecular formula is C132H83N7S4. The van der Waals surface area contributed by atoms with E-state index < -0.39 is 0 Å². The molecule has 1 aliphatic carbocycles. The van der Waals surface area contributed by atoms with Gasteiger partial charge in [-0.25, -0.2) is 15.0 Å². The topological polar surface area (TPSA) is 58.4 Å². The van der Waals surface area contributed by atoms with Crippen molar-refractivity contribution in [3.63, 3.8) is 0 Å². The summed E-state index contributed by atoms with van der Waals surface area (Å²) in [5.41, 5.74) is 32.0. The first-order valence-corrected chi connectivity index (χ1v) is 51.9. The minimum absolute atomic E-state index is 0.113. The van der Waals surface area contributed by atoms with E-state index in [1.807, 2.05) is 45.3 Å². The molecule has 1 aliphatic rings. The van der Waals surface area contributed by atoms with E-state index in [2.05, 4.69) is 499 Å². The highest BCUT2D eigenvalue weighted by Crippen LogP contribution is 2.55. The molecule has 0 bridgehead atoms. The van der Waals surface area contributed by atoms with E-state index in [1.165, 1.54) is 190 Å². The van der Waals surface area contributed by atoms with Crippen molar-refractivity contribution in [1.29, 1.82) is 0 Å². The molecule has 7 nitrogen and oxygen atoms in total. The zero-order valence-corrected chi connectivity index (χ0v) is 81.0. The molecular weight excluding hydrogens is 1810 g/mol. The van der Waals surface area contributed by atoms with Gasteiger partial charge < -0.3 is 18.3 Å². The third-order valence-electron chi connectivity index (χ3n) is 29.5. The number of fused-ring (bicyclic) bond motifs is 30. The Morgan fingerprint density at radius 3 is 1.15 bits per heavy atom. The maximum atomic E-state index is 5.40. The fourth-order valence-electron chi connectivity index (χ4n) is 23.2. The molecule has 19 aromatic carbocycles. The third kappa shape index (κ3) is 13.2. The van der Waals surface area contributed by atoms with Crippen LogP contribution < -0.4 is 0 Å². The van der Waals surface area contributed by atoms with Crippen molar-refractivity contribution in [2.45, 2.75) is 19.3 Å². The van der Waals surface area contributed by atoms with Crippen molar-refractivity contribution in [3.05, 3.63) is 478 Å².